The average molecular weight is 266 g/mol. The Morgan fingerprint density at radius 2 is 2.10 bits per heavy atom. The number of nitrogens with zero attached hydrogens (tertiary/aromatic N) is 3. The zero-order valence-corrected chi connectivity index (χ0v) is 11.4. The van der Waals surface area contributed by atoms with Gasteiger partial charge in [0.1, 0.15) is 6.04 Å². The molecule has 1 N–H and O–H groups in total. The quantitative estimate of drug-likeness (QED) is 0.904. The van der Waals surface area contributed by atoms with Gasteiger partial charge < -0.3 is 5.32 Å². The number of hydrogen-bond donors (Lipinski definition) is 1. The van der Waals surface area contributed by atoms with Gasteiger partial charge in [0, 0.05) is 43.0 Å². The number of nitrogens with one attached hydrogen (secondary N) is 1. The third-order valence-electron chi connectivity index (χ3n) is 3.86. The van der Waals surface area contributed by atoms with Crippen molar-refractivity contribution in [1.82, 2.24) is 15.2 Å². The van der Waals surface area contributed by atoms with Gasteiger partial charge in [0.2, 0.25) is 0 Å². The molecule has 20 heavy (non-hydrogen) atoms. The van der Waals surface area contributed by atoms with Crippen LogP contribution in [0, 0.1) is 11.3 Å². The predicted octanol–water partition coefficient (Wildman–Crippen LogP) is 2.09. The summed E-state index contributed by atoms with van der Waals surface area (Å²) in [5, 5.41) is 15.2. The molecule has 102 valence electrons. The van der Waals surface area contributed by atoms with Crippen molar-refractivity contribution in [3.63, 3.8) is 0 Å². The van der Waals surface area contributed by atoms with Crippen molar-refractivity contribution < 1.29 is 0 Å². The second-order valence-electron chi connectivity index (χ2n) is 5.12. The zero-order chi connectivity index (χ0) is 13.8. The molecule has 3 rings (SSSR count). The van der Waals surface area contributed by atoms with Crippen LogP contribution < -0.4 is 5.32 Å². The lowest BCUT2D eigenvalue weighted by Gasteiger charge is -2.25. The minimum atomic E-state index is -0.214. The lowest BCUT2D eigenvalue weighted by molar-refractivity contribution is 0.253. The second-order valence-corrected chi connectivity index (χ2v) is 5.12. The van der Waals surface area contributed by atoms with Crippen LogP contribution >= 0.6 is 0 Å². The van der Waals surface area contributed by atoms with Crippen LogP contribution in [0.3, 0.4) is 0 Å². The maximum atomic E-state index is 9.64. The normalized spacial score (nSPS) is 18.4. The maximum Gasteiger partial charge on any atom is 0.125 e. The summed E-state index contributed by atoms with van der Waals surface area (Å²) >= 11 is 0. The second kappa shape index (κ2) is 6.00. The number of nitriles is 1. The van der Waals surface area contributed by atoms with Crippen LogP contribution in [-0.2, 0) is 0 Å². The Balaban J connectivity index is 2.01. The molecule has 1 saturated heterocycles. The first kappa shape index (κ1) is 13.0. The summed E-state index contributed by atoms with van der Waals surface area (Å²) in [6.45, 7) is 3.83. The molecule has 1 fully saturated rings. The fraction of sp³-hybridized carbons (Fsp3) is 0.375. The van der Waals surface area contributed by atoms with E-state index in [9.17, 15) is 5.26 Å². The van der Waals surface area contributed by atoms with E-state index in [1.165, 1.54) is 0 Å². The van der Waals surface area contributed by atoms with E-state index in [0.29, 0.717) is 0 Å². The van der Waals surface area contributed by atoms with Crippen molar-refractivity contribution in [2.45, 2.75) is 12.5 Å². The monoisotopic (exact) mass is 266 g/mol. The number of benzene rings is 1. The summed E-state index contributed by atoms with van der Waals surface area (Å²) in [4.78, 5) is 6.56. The van der Waals surface area contributed by atoms with E-state index in [4.69, 9.17) is 0 Å². The minimum absolute atomic E-state index is 0.214. The van der Waals surface area contributed by atoms with E-state index < -0.39 is 0 Å². The molecule has 1 aromatic heterocycles. The lowest BCUT2D eigenvalue weighted by Crippen LogP contribution is -2.31. The molecule has 1 aliphatic heterocycles. The number of aromatic nitrogens is 1. The first-order chi connectivity index (χ1) is 9.90. The van der Waals surface area contributed by atoms with Crippen LogP contribution in [-0.4, -0.2) is 36.1 Å². The molecule has 2 aromatic rings. The van der Waals surface area contributed by atoms with E-state index in [2.05, 4.69) is 27.3 Å². The van der Waals surface area contributed by atoms with Crippen molar-refractivity contribution in [3.05, 3.63) is 42.2 Å². The first-order valence-electron chi connectivity index (χ1n) is 7.07. The van der Waals surface area contributed by atoms with E-state index >= 15 is 0 Å². The summed E-state index contributed by atoms with van der Waals surface area (Å²) in [6.07, 6.45) is 4.78. The molecule has 2 heterocycles. The predicted molar refractivity (Wildman–Crippen MR) is 79.2 cm³/mol. The Kier molecular flexibility index (Phi) is 3.91. The molecule has 0 radical (unpaired) electrons. The molecule has 4 heteroatoms. The number of pyridine rings is 1. The molecular weight excluding hydrogens is 248 g/mol. The average Bonchev–Trinajstić information content (AvgIpc) is 2.78. The van der Waals surface area contributed by atoms with Gasteiger partial charge in [-0.1, -0.05) is 24.3 Å². The van der Waals surface area contributed by atoms with E-state index in [-0.39, 0.29) is 6.04 Å². The summed E-state index contributed by atoms with van der Waals surface area (Å²) < 4.78 is 0. The molecule has 4 nitrogen and oxygen atoms in total. The fourth-order valence-corrected chi connectivity index (χ4v) is 2.83. The van der Waals surface area contributed by atoms with E-state index in [0.717, 1.165) is 48.9 Å². The number of hydrogen-bond acceptors (Lipinski definition) is 4. The zero-order valence-electron chi connectivity index (χ0n) is 11.4. The highest BCUT2D eigenvalue weighted by Crippen LogP contribution is 2.27. The Morgan fingerprint density at radius 3 is 3.00 bits per heavy atom. The van der Waals surface area contributed by atoms with E-state index in [1.807, 2.05) is 30.6 Å². The molecule has 1 atom stereocenters. The minimum Gasteiger partial charge on any atom is -0.315 e. The molecule has 0 aliphatic carbocycles. The highest BCUT2D eigenvalue weighted by atomic mass is 15.2. The molecule has 0 bridgehead atoms. The van der Waals surface area contributed by atoms with Gasteiger partial charge >= 0.3 is 0 Å². The summed E-state index contributed by atoms with van der Waals surface area (Å²) in [6, 6.07) is 10.4. The van der Waals surface area contributed by atoms with Gasteiger partial charge in [0.05, 0.1) is 6.07 Å². The number of fused-ring (bicyclic) bond motifs is 1. The van der Waals surface area contributed by atoms with Gasteiger partial charge in [-0.2, -0.15) is 5.26 Å². The molecule has 0 amide bonds. The lowest BCUT2D eigenvalue weighted by atomic mass is 10.0. The maximum absolute atomic E-state index is 9.64. The molecular formula is C16H18N4. The van der Waals surface area contributed by atoms with Crippen LogP contribution in [0.2, 0.25) is 0 Å². The van der Waals surface area contributed by atoms with Crippen LogP contribution in [0.5, 0.6) is 0 Å². The third kappa shape index (κ3) is 2.51. The topological polar surface area (TPSA) is 52.0 Å². The van der Waals surface area contributed by atoms with Gasteiger partial charge in [-0.3, -0.25) is 9.88 Å². The van der Waals surface area contributed by atoms with Crippen LogP contribution in [0.4, 0.5) is 0 Å². The van der Waals surface area contributed by atoms with Gasteiger partial charge in [0.15, 0.2) is 0 Å². The Hall–Kier alpha value is -1.96. The molecule has 1 aromatic carbocycles. The van der Waals surface area contributed by atoms with Gasteiger partial charge in [-0.15, -0.1) is 0 Å². The first-order valence-corrected chi connectivity index (χ1v) is 7.07. The standard InChI is InChI=1S/C16H18N4/c17-10-16(20-8-3-6-18-7-9-20)15-12-19-11-13-4-1-2-5-14(13)15/h1-2,4-5,11-12,16,18H,3,6-9H2. The van der Waals surface area contributed by atoms with Crippen molar-refractivity contribution in [2.75, 3.05) is 26.2 Å². The Labute approximate surface area is 119 Å². The van der Waals surface area contributed by atoms with Crippen LogP contribution in [0.1, 0.15) is 18.0 Å². The Bertz CT molecular complexity index is 618. The van der Waals surface area contributed by atoms with Crippen molar-refractivity contribution >= 4 is 10.8 Å². The van der Waals surface area contributed by atoms with Gasteiger partial charge in [-0.25, -0.2) is 0 Å². The van der Waals surface area contributed by atoms with Crippen molar-refractivity contribution in [3.8, 4) is 6.07 Å². The largest absolute Gasteiger partial charge is 0.315 e. The summed E-state index contributed by atoms with van der Waals surface area (Å²) in [5.41, 5.74) is 1.02. The smallest absolute Gasteiger partial charge is 0.125 e. The van der Waals surface area contributed by atoms with Gasteiger partial charge in [0.25, 0.3) is 0 Å². The number of rotatable bonds is 2. The SMILES string of the molecule is N#CC(c1cncc2ccccc12)N1CCCNCC1. The molecule has 1 unspecified atom stereocenters. The third-order valence-corrected chi connectivity index (χ3v) is 3.86. The van der Waals surface area contributed by atoms with Crippen molar-refractivity contribution in [2.24, 2.45) is 0 Å². The summed E-state index contributed by atoms with van der Waals surface area (Å²) in [5.74, 6) is 0. The van der Waals surface area contributed by atoms with Gasteiger partial charge in [-0.05, 0) is 18.4 Å². The van der Waals surface area contributed by atoms with Crippen LogP contribution in [0.25, 0.3) is 10.8 Å². The Morgan fingerprint density at radius 1 is 1.20 bits per heavy atom. The highest BCUT2D eigenvalue weighted by molar-refractivity contribution is 5.85. The summed E-state index contributed by atoms with van der Waals surface area (Å²) in [7, 11) is 0. The molecule has 1 aliphatic rings. The fourth-order valence-electron chi connectivity index (χ4n) is 2.83. The van der Waals surface area contributed by atoms with Crippen LogP contribution in [0.15, 0.2) is 36.7 Å². The highest BCUT2D eigenvalue weighted by Gasteiger charge is 2.22. The van der Waals surface area contributed by atoms with E-state index in [1.54, 1.807) is 0 Å². The molecule has 0 spiro atoms. The molecule has 0 saturated carbocycles. The van der Waals surface area contributed by atoms with Crippen molar-refractivity contribution in [1.29, 1.82) is 5.26 Å².